The number of nitrogen functional groups attached to an aromatic ring is 1. The molecule has 98 valence electrons. The van der Waals surface area contributed by atoms with Crippen molar-refractivity contribution < 1.29 is 9.00 Å². The number of carbonyl (C=O) groups is 1. The minimum Gasteiger partial charge on any atom is -0.396 e. The molecule has 18 heavy (non-hydrogen) atoms. The molecule has 2 rings (SSSR count). The summed E-state index contributed by atoms with van der Waals surface area (Å²) in [5.41, 5.74) is 6.04. The van der Waals surface area contributed by atoms with E-state index in [0.717, 1.165) is 25.7 Å². The van der Waals surface area contributed by atoms with E-state index in [4.69, 9.17) is 5.73 Å². The molecule has 3 N–H and O–H groups in total. The largest absolute Gasteiger partial charge is 0.396 e. The Hall–Kier alpha value is -1.43. The van der Waals surface area contributed by atoms with Gasteiger partial charge in [-0.1, -0.05) is 12.8 Å². The van der Waals surface area contributed by atoms with Crippen molar-refractivity contribution in [1.82, 2.24) is 10.3 Å². The maximum atomic E-state index is 12.0. The van der Waals surface area contributed by atoms with Gasteiger partial charge in [0.25, 0.3) is 0 Å². The van der Waals surface area contributed by atoms with Gasteiger partial charge in [0.1, 0.15) is 5.75 Å². The van der Waals surface area contributed by atoms with Gasteiger partial charge in [-0.05, 0) is 25.0 Å². The third-order valence-electron chi connectivity index (χ3n) is 3.00. The number of nitrogens with zero attached hydrogens (tertiary/aromatic N) is 1. The van der Waals surface area contributed by atoms with Crippen molar-refractivity contribution in [2.24, 2.45) is 0 Å². The van der Waals surface area contributed by atoms with E-state index >= 15 is 0 Å². The molecule has 1 amide bonds. The van der Waals surface area contributed by atoms with Crippen molar-refractivity contribution in [1.29, 1.82) is 0 Å². The van der Waals surface area contributed by atoms with E-state index in [1.165, 1.54) is 6.20 Å². The van der Waals surface area contributed by atoms with Crippen LogP contribution >= 0.6 is 0 Å². The van der Waals surface area contributed by atoms with Gasteiger partial charge in [-0.25, -0.2) is 4.98 Å². The second kappa shape index (κ2) is 5.95. The quantitative estimate of drug-likeness (QED) is 0.846. The highest BCUT2D eigenvalue weighted by Gasteiger charge is 2.19. The normalized spacial score (nSPS) is 17.6. The highest BCUT2D eigenvalue weighted by molar-refractivity contribution is 7.85. The van der Waals surface area contributed by atoms with Gasteiger partial charge in [0.15, 0.2) is 5.03 Å². The molecule has 5 nitrogen and oxygen atoms in total. The number of amides is 1. The Balaban J connectivity index is 1.91. The zero-order valence-corrected chi connectivity index (χ0v) is 10.9. The lowest BCUT2D eigenvalue weighted by atomic mass is 10.2. The van der Waals surface area contributed by atoms with Crippen molar-refractivity contribution in [2.45, 2.75) is 36.8 Å². The second-order valence-electron chi connectivity index (χ2n) is 4.44. The van der Waals surface area contributed by atoms with E-state index < -0.39 is 10.8 Å². The van der Waals surface area contributed by atoms with E-state index in [0.29, 0.717) is 10.7 Å². The molecule has 0 saturated heterocycles. The Morgan fingerprint density at radius 1 is 1.50 bits per heavy atom. The smallest absolute Gasteiger partial charge is 0.233 e. The lowest BCUT2D eigenvalue weighted by molar-refractivity contribution is -0.119. The Labute approximate surface area is 109 Å². The summed E-state index contributed by atoms with van der Waals surface area (Å²) < 4.78 is 12.0. The summed E-state index contributed by atoms with van der Waals surface area (Å²) >= 11 is 0. The van der Waals surface area contributed by atoms with Crippen molar-refractivity contribution in [3.05, 3.63) is 18.3 Å². The molecule has 0 aliphatic heterocycles. The molecule has 0 spiro atoms. The van der Waals surface area contributed by atoms with Gasteiger partial charge < -0.3 is 11.1 Å². The summed E-state index contributed by atoms with van der Waals surface area (Å²) in [6, 6.07) is 3.56. The minimum absolute atomic E-state index is 0.0717. The monoisotopic (exact) mass is 267 g/mol. The van der Waals surface area contributed by atoms with E-state index in [1.54, 1.807) is 12.1 Å². The number of nitrogens with two attached hydrogens (primary N) is 1. The highest BCUT2D eigenvalue weighted by Crippen LogP contribution is 2.18. The van der Waals surface area contributed by atoms with Gasteiger partial charge in [-0.15, -0.1) is 0 Å². The molecule has 6 heteroatoms. The number of pyridine rings is 1. The summed E-state index contributed by atoms with van der Waals surface area (Å²) in [5.74, 6) is -0.261. The summed E-state index contributed by atoms with van der Waals surface area (Å²) in [6.45, 7) is 0. The van der Waals surface area contributed by atoms with Gasteiger partial charge in [0.2, 0.25) is 5.91 Å². The third-order valence-corrected chi connectivity index (χ3v) is 4.30. The van der Waals surface area contributed by atoms with Gasteiger partial charge in [0.05, 0.1) is 16.5 Å². The molecule has 1 heterocycles. The molecule has 1 aromatic rings. The number of rotatable bonds is 4. The van der Waals surface area contributed by atoms with Crippen molar-refractivity contribution in [3.63, 3.8) is 0 Å². The van der Waals surface area contributed by atoms with Gasteiger partial charge in [-0.3, -0.25) is 9.00 Å². The van der Waals surface area contributed by atoms with Crippen LogP contribution in [0.3, 0.4) is 0 Å². The molecule has 0 radical (unpaired) electrons. The van der Waals surface area contributed by atoms with Gasteiger partial charge in [0, 0.05) is 12.2 Å². The molecule has 1 unspecified atom stereocenters. The fourth-order valence-corrected chi connectivity index (χ4v) is 3.09. The molecule has 1 aliphatic rings. The Kier molecular flexibility index (Phi) is 4.30. The molecule has 0 bridgehead atoms. The van der Waals surface area contributed by atoms with Crippen LogP contribution in [0.15, 0.2) is 23.4 Å². The Morgan fingerprint density at radius 3 is 2.89 bits per heavy atom. The van der Waals surface area contributed by atoms with E-state index in [-0.39, 0.29) is 17.7 Å². The SMILES string of the molecule is Nc1cccnc1S(=O)CC(=O)NC1CCCC1. The van der Waals surface area contributed by atoms with Crippen LogP contribution in [-0.4, -0.2) is 26.9 Å². The van der Waals surface area contributed by atoms with Crippen molar-refractivity contribution in [2.75, 3.05) is 11.5 Å². The predicted octanol–water partition coefficient (Wildman–Crippen LogP) is 0.830. The zero-order valence-electron chi connectivity index (χ0n) is 10.1. The minimum atomic E-state index is -1.47. The second-order valence-corrected chi connectivity index (χ2v) is 5.80. The van der Waals surface area contributed by atoms with E-state index in [9.17, 15) is 9.00 Å². The van der Waals surface area contributed by atoms with E-state index in [2.05, 4.69) is 10.3 Å². The van der Waals surface area contributed by atoms with Crippen LogP contribution in [0.1, 0.15) is 25.7 Å². The van der Waals surface area contributed by atoms with Crippen LogP contribution in [0.2, 0.25) is 0 Å². The fraction of sp³-hybridized carbons (Fsp3) is 0.500. The Bertz CT molecular complexity index is 458. The first-order chi connectivity index (χ1) is 8.66. The van der Waals surface area contributed by atoms with Crippen LogP contribution in [0.5, 0.6) is 0 Å². The molecular weight excluding hydrogens is 250 g/mol. The van der Waals surface area contributed by atoms with Crippen molar-refractivity contribution in [3.8, 4) is 0 Å². The van der Waals surface area contributed by atoms with Gasteiger partial charge in [-0.2, -0.15) is 0 Å². The Morgan fingerprint density at radius 2 is 2.22 bits per heavy atom. The molecule has 1 fully saturated rings. The molecule has 1 saturated carbocycles. The highest BCUT2D eigenvalue weighted by atomic mass is 32.2. The number of hydrogen-bond donors (Lipinski definition) is 2. The summed E-state index contributed by atoms with van der Waals surface area (Å²) in [7, 11) is -1.47. The third kappa shape index (κ3) is 3.29. The van der Waals surface area contributed by atoms with Gasteiger partial charge >= 0.3 is 0 Å². The van der Waals surface area contributed by atoms with Crippen LogP contribution in [-0.2, 0) is 15.6 Å². The maximum absolute atomic E-state index is 12.0. The maximum Gasteiger partial charge on any atom is 0.233 e. The molecule has 1 aromatic heterocycles. The average Bonchev–Trinajstić information content (AvgIpc) is 2.82. The number of carbonyl (C=O) groups excluding carboxylic acids is 1. The van der Waals surface area contributed by atoms with Crippen LogP contribution < -0.4 is 11.1 Å². The van der Waals surface area contributed by atoms with Crippen LogP contribution in [0.25, 0.3) is 0 Å². The molecule has 1 atom stereocenters. The predicted molar refractivity (Wildman–Crippen MR) is 70.3 cm³/mol. The first kappa shape index (κ1) is 13.0. The topological polar surface area (TPSA) is 85.1 Å². The number of hydrogen-bond acceptors (Lipinski definition) is 4. The number of nitrogens with one attached hydrogen (secondary N) is 1. The summed E-state index contributed by atoms with van der Waals surface area (Å²) in [6.07, 6.45) is 5.87. The van der Waals surface area contributed by atoms with E-state index in [1.807, 2.05) is 0 Å². The molecule has 1 aliphatic carbocycles. The lowest BCUT2D eigenvalue weighted by Crippen LogP contribution is -2.35. The number of anilines is 1. The van der Waals surface area contributed by atoms with Crippen LogP contribution in [0.4, 0.5) is 5.69 Å². The zero-order chi connectivity index (χ0) is 13.0. The summed E-state index contributed by atoms with van der Waals surface area (Å²) in [5, 5.41) is 3.19. The standard InChI is InChI=1S/C12H17N3O2S/c13-10-6-3-7-14-12(10)18(17)8-11(16)15-9-4-1-2-5-9/h3,6-7,9H,1-2,4-5,8,13H2,(H,15,16). The summed E-state index contributed by atoms with van der Waals surface area (Å²) in [4.78, 5) is 15.7. The first-order valence-electron chi connectivity index (χ1n) is 6.05. The average molecular weight is 267 g/mol. The molecule has 0 aromatic carbocycles. The first-order valence-corrected chi connectivity index (χ1v) is 7.37. The fourth-order valence-electron chi connectivity index (χ4n) is 2.12. The van der Waals surface area contributed by atoms with Crippen LogP contribution in [0, 0.1) is 0 Å². The van der Waals surface area contributed by atoms with Crippen molar-refractivity contribution >= 4 is 22.4 Å². The number of aromatic nitrogens is 1. The lowest BCUT2D eigenvalue weighted by Gasteiger charge is -2.11. The molecular formula is C12H17N3O2S.